The molecule has 0 fully saturated rings. The van der Waals surface area contributed by atoms with E-state index in [1.54, 1.807) is 0 Å². The molecule has 6 atom stereocenters. The molecule has 0 aliphatic carbocycles. The van der Waals surface area contributed by atoms with Crippen LogP contribution in [0, 0.1) is 35.0 Å². The van der Waals surface area contributed by atoms with Crippen molar-refractivity contribution in [2.24, 2.45) is 35.0 Å². The monoisotopic (exact) mass is 466 g/mol. The zero-order valence-corrected chi connectivity index (χ0v) is 24.3. The molecule has 0 bridgehead atoms. The van der Waals surface area contributed by atoms with Crippen LogP contribution in [0.5, 0.6) is 0 Å². The lowest BCUT2D eigenvalue weighted by Crippen LogP contribution is -2.13. The Morgan fingerprint density at radius 3 is 1.53 bits per heavy atom. The molecule has 0 unspecified atom stereocenters. The number of allylic oxidation sites excluding steroid dienone is 7. The fourth-order valence-electron chi connectivity index (χ4n) is 3.97. The first-order valence-corrected chi connectivity index (χ1v) is 13.7. The second-order valence-corrected chi connectivity index (χ2v) is 11.9. The molecule has 0 rings (SSSR count). The SMILES string of the molecule is C=C[C@@](C)(C=C[C@H](C)CC[C@H](C)C(=C)CC[C@H](C)C(=C)C)CC[C@H](C)C(=C)CC[C@H](C)C(=C)C. The highest BCUT2D eigenvalue weighted by Crippen LogP contribution is 2.33. The Labute approximate surface area is 215 Å². The van der Waals surface area contributed by atoms with E-state index in [4.69, 9.17) is 0 Å². The molecule has 0 aliphatic rings. The van der Waals surface area contributed by atoms with Gasteiger partial charge in [-0.05, 0) is 94.8 Å². The summed E-state index contributed by atoms with van der Waals surface area (Å²) in [5.74, 6) is 2.86. The van der Waals surface area contributed by atoms with Crippen LogP contribution in [0.15, 0.2) is 73.4 Å². The second kappa shape index (κ2) is 16.2. The van der Waals surface area contributed by atoms with Gasteiger partial charge in [-0.15, -0.1) is 6.58 Å². The van der Waals surface area contributed by atoms with Crippen LogP contribution in [0.3, 0.4) is 0 Å². The Balaban J connectivity index is 4.58. The van der Waals surface area contributed by atoms with Gasteiger partial charge in [0.1, 0.15) is 0 Å². The molecule has 0 nitrogen and oxygen atoms in total. The van der Waals surface area contributed by atoms with Crippen molar-refractivity contribution >= 4 is 0 Å². The number of rotatable bonds is 19. The van der Waals surface area contributed by atoms with Crippen LogP contribution in [0.4, 0.5) is 0 Å². The summed E-state index contributed by atoms with van der Waals surface area (Å²) in [7, 11) is 0. The third kappa shape index (κ3) is 13.4. The first-order valence-electron chi connectivity index (χ1n) is 13.7. The average Bonchev–Trinajstić information content (AvgIpc) is 2.80. The van der Waals surface area contributed by atoms with Crippen molar-refractivity contribution in [3.63, 3.8) is 0 Å². The van der Waals surface area contributed by atoms with Gasteiger partial charge in [-0.25, -0.2) is 0 Å². The maximum Gasteiger partial charge on any atom is 0.00303 e. The predicted molar refractivity (Wildman–Crippen MR) is 158 cm³/mol. The normalized spacial score (nSPS) is 17.9. The van der Waals surface area contributed by atoms with Gasteiger partial charge < -0.3 is 0 Å². The summed E-state index contributed by atoms with van der Waals surface area (Å²) in [6, 6.07) is 0. The van der Waals surface area contributed by atoms with E-state index < -0.39 is 0 Å². The summed E-state index contributed by atoms with van der Waals surface area (Å²) in [6.07, 6.45) is 16.2. The number of hydrogen-bond donors (Lipinski definition) is 0. The van der Waals surface area contributed by atoms with Crippen molar-refractivity contribution < 1.29 is 0 Å². The topological polar surface area (TPSA) is 0 Å². The van der Waals surface area contributed by atoms with Gasteiger partial charge in [0.15, 0.2) is 0 Å². The fraction of sp³-hybridized carbons (Fsp3) is 0.647. The lowest BCUT2D eigenvalue weighted by molar-refractivity contribution is 0.423. The second-order valence-electron chi connectivity index (χ2n) is 11.9. The highest BCUT2D eigenvalue weighted by molar-refractivity contribution is 5.10. The molecular weight excluding hydrogens is 408 g/mol. The standard InChI is InChI=1S/C34H58/c1-14-34(13,24-22-33(12)32(11)20-18-29(8)26(4)5)23-21-27(6)15-16-30(9)31(10)19-17-28(7)25(2)3/h14,21,23,27-30,33H,1-2,4,10-11,15-20,22,24H2,3,5-9,12-13H3/t27-,28+,29+,30+,33+,34+/m1/s1. The molecule has 194 valence electrons. The van der Waals surface area contributed by atoms with Crippen LogP contribution < -0.4 is 0 Å². The van der Waals surface area contributed by atoms with Crippen LogP contribution in [0.1, 0.15) is 107 Å². The van der Waals surface area contributed by atoms with Crippen LogP contribution in [-0.2, 0) is 0 Å². The van der Waals surface area contributed by atoms with Gasteiger partial charge >= 0.3 is 0 Å². The summed E-state index contributed by atoms with van der Waals surface area (Å²) in [5, 5.41) is 0. The Kier molecular flexibility index (Phi) is 15.4. The van der Waals surface area contributed by atoms with Crippen molar-refractivity contribution in [3.8, 4) is 0 Å². The third-order valence-corrected chi connectivity index (χ3v) is 8.32. The first-order chi connectivity index (χ1) is 15.7. The van der Waals surface area contributed by atoms with Crippen LogP contribution in [0.25, 0.3) is 0 Å². The summed E-state index contributed by atoms with van der Waals surface area (Å²) in [4.78, 5) is 0. The van der Waals surface area contributed by atoms with Gasteiger partial charge in [-0.2, -0.15) is 0 Å². The minimum atomic E-state index is 0.0433. The fourth-order valence-corrected chi connectivity index (χ4v) is 3.97. The Bertz CT molecular complexity index is 702. The van der Waals surface area contributed by atoms with E-state index in [-0.39, 0.29) is 5.41 Å². The van der Waals surface area contributed by atoms with E-state index >= 15 is 0 Å². The van der Waals surface area contributed by atoms with Crippen molar-refractivity contribution in [2.75, 3.05) is 0 Å². The molecular formula is C34H58. The summed E-state index contributed by atoms with van der Waals surface area (Å²) >= 11 is 0. The molecule has 0 aromatic heterocycles. The lowest BCUT2D eigenvalue weighted by atomic mass is 9.79. The summed E-state index contributed by atoms with van der Waals surface area (Å²) < 4.78 is 0. The van der Waals surface area contributed by atoms with Gasteiger partial charge in [0.05, 0.1) is 0 Å². The minimum absolute atomic E-state index is 0.0433. The van der Waals surface area contributed by atoms with Gasteiger partial charge in [-0.3, -0.25) is 0 Å². The maximum absolute atomic E-state index is 4.39. The summed E-state index contributed by atoms with van der Waals surface area (Å²) in [6.45, 7) is 39.2. The maximum atomic E-state index is 4.39. The molecule has 34 heavy (non-hydrogen) atoms. The van der Waals surface area contributed by atoms with E-state index in [2.05, 4.69) is 107 Å². The highest BCUT2D eigenvalue weighted by Gasteiger charge is 2.20. The Hall–Kier alpha value is -1.56. The average molecular weight is 467 g/mol. The van der Waals surface area contributed by atoms with Crippen molar-refractivity contribution in [1.29, 1.82) is 0 Å². The Morgan fingerprint density at radius 2 is 1.12 bits per heavy atom. The Morgan fingerprint density at radius 1 is 0.676 bits per heavy atom. The highest BCUT2D eigenvalue weighted by atomic mass is 14.2. The van der Waals surface area contributed by atoms with Gasteiger partial charge in [0.2, 0.25) is 0 Å². The molecule has 0 saturated heterocycles. The zero-order chi connectivity index (χ0) is 26.5. The van der Waals surface area contributed by atoms with Gasteiger partial charge in [0, 0.05) is 5.41 Å². The third-order valence-electron chi connectivity index (χ3n) is 8.32. The molecule has 0 amide bonds. The molecule has 0 radical (unpaired) electrons. The minimum Gasteiger partial charge on any atom is -0.102 e. The molecule has 0 aromatic carbocycles. The molecule has 0 saturated carbocycles. The molecule has 0 aliphatic heterocycles. The quantitative estimate of drug-likeness (QED) is 0.166. The smallest absolute Gasteiger partial charge is 0.00303 e. The first kappa shape index (κ1) is 32.4. The molecule has 0 N–H and O–H groups in total. The summed E-state index contributed by atoms with van der Waals surface area (Å²) in [5.41, 5.74) is 5.37. The van der Waals surface area contributed by atoms with Crippen LogP contribution in [0.2, 0.25) is 0 Å². The lowest BCUT2D eigenvalue weighted by Gasteiger charge is -2.25. The number of hydrogen-bond acceptors (Lipinski definition) is 0. The van der Waals surface area contributed by atoms with E-state index in [9.17, 15) is 0 Å². The van der Waals surface area contributed by atoms with E-state index in [1.807, 2.05) is 0 Å². The van der Waals surface area contributed by atoms with Gasteiger partial charge in [0.25, 0.3) is 0 Å². The van der Waals surface area contributed by atoms with Crippen molar-refractivity contribution in [2.45, 2.75) is 107 Å². The molecule has 0 heterocycles. The van der Waals surface area contributed by atoms with Crippen LogP contribution >= 0.6 is 0 Å². The van der Waals surface area contributed by atoms with E-state index in [0.29, 0.717) is 29.6 Å². The van der Waals surface area contributed by atoms with Crippen LogP contribution in [-0.4, -0.2) is 0 Å². The largest absolute Gasteiger partial charge is 0.102 e. The van der Waals surface area contributed by atoms with Crippen molar-refractivity contribution in [3.05, 3.63) is 73.4 Å². The molecule has 0 heteroatoms. The van der Waals surface area contributed by atoms with Crippen molar-refractivity contribution in [1.82, 2.24) is 0 Å². The van der Waals surface area contributed by atoms with E-state index in [0.717, 1.165) is 32.1 Å². The van der Waals surface area contributed by atoms with Gasteiger partial charge in [-0.1, -0.05) is 108 Å². The zero-order valence-electron chi connectivity index (χ0n) is 24.3. The molecule has 0 spiro atoms. The molecule has 0 aromatic rings. The predicted octanol–water partition coefficient (Wildman–Crippen LogP) is 11.3. The van der Waals surface area contributed by atoms with E-state index in [1.165, 1.54) is 41.6 Å².